The number of carbonyl (C=O) groups is 2. The van der Waals surface area contributed by atoms with E-state index in [0.717, 1.165) is 18.4 Å². The number of nitrogens with zero attached hydrogens (tertiary/aromatic N) is 2. The Morgan fingerprint density at radius 1 is 1.14 bits per heavy atom. The Kier molecular flexibility index (Phi) is 9.81. The van der Waals surface area contributed by atoms with Crippen molar-refractivity contribution in [3.63, 3.8) is 0 Å². The number of amides is 2. The first-order valence-electron chi connectivity index (χ1n) is 16.2. The Morgan fingerprint density at radius 2 is 1.82 bits per heavy atom. The molecule has 5 rings (SSSR count). The molecule has 2 unspecified atom stereocenters. The molecule has 5 N–H and O–H groups in total. The molecule has 0 aromatic rings. The van der Waals surface area contributed by atoms with Crippen LogP contribution in [-0.2, 0) is 18.9 Å². The van der Waals surface area contributed by atoms with E-state index >= 15 is 0 Å². The molecular formula is C31H53BN6O6. The van der Waals surface area contributed by atoms with Gasteiger partial charge in [0.2, 0.25) is 11.8 Å². The van der Waals surface area contributed by atoms with E-state index in [-0.39, 0.29) is 65.4 Å². The zero-order chi connectivity index (χ0) is 32.8. The van der Waals surface area contributed by atoms with Gasteiger partial charge in [-0.15, -0.1) is 0 Å². The molecule has 8 atom stereocenters. The fourth-order valence-corrected chi connectivity index (χ4v) is 8.10. The smallest absolute Gasteiger partial charge is 0.404 e. The zero-order valence-corrected chi connectivity index (χ0v) is 27.9. The van der Waals surface area contributed by atoms with E-state index in [2.05, 4.69) is 70.2 Å². The summed E-state index contributed by atoms with van der Waals surface area (Å²) in [4.78, 5) is 42.0. The van der Waals surface area contributed by atoms with Gasteiger partial charge in [-0.2, -0.15) is 0 Å². The van der Waals surface area contributed by atoms with Crippen LogP contribution in [0.5, 0.6) is 0 Å². The van der Waals surface area contributed by atoms with Crippen LogP contribution in [0.2, 0.25) is 0 Å². The number of aliphatic imine (C=N–C) groups is 1. The lowest BCUT2D eigenvalue weighted by atomic mass is 9.43. The fourth-order valence-electron chi connectivity index (χ4n) is 8.10. The van der Waals surface area contributed by atoms with Crippen molar-refractivity contribution in [1.82, 2.24) is 16.1 Å². The summed E-state index contributed by atoms with van der Waals surface area (Å²) in [5, 5.41) is 16.1. The lowest BCUT2D eigenvalue weighted by molar-refractivity contribution is -0.525. The number of guanidine groups is 1. The molecule has 1 aliphatic heterocycles. The van der Waals surface area contributed by atoms with Gasteiger partial charge in [-0.1, -0.05) is 58.6 Å². The predicted molar refractivity (Wildman–Crippen MR) is 169 cm³/mol. The van der Waals surface area contributed by atoms with Crippen molar-refractivity contribution in [2.24, 2.45) is 51.1 Å². The third-order valence-corrected chi connectivity index (χ3v) is 10.8. The van der Waals surface area contributed by atoms with Gasteiger partial charge in [0.1, 0.15) is 6.04 Å². The van der Waals surface area contributed by atoms with Crippen LogP contribution in [0.25, 0.3) is 0 Å². The van der Waals surface area contributed by atoms with Gasteiger partial charge in [-0.25, -0.2) is 15.1 Å². The van der Waals surface area contributed by atoms with Gasteiger partial charge in [-0.05, 0) is 87.4 Å². The predicted octanol–water partition coefficient (Wildman–Crippen LogP) is 3.38. The molecule has 0 aromatic carbocycles. The lowest BCUT2D eigenvalue weighted by Crippen LogP contribution is -2.65. The number of allylic oxidation sites excluding steroid dienone is 2. The van der Waals surface area contributed by atoms with Crippen LogP contribution in [0.3, 0.4) is 0 Å². The molecule has 0 aromatic heterocycles. The number of carbonyl (C=O) groups excluding carboxylic acids is 2. The average molecular weight is 617 g/mol. The molecule has 44 heavy (non-hydrogen) atoms. The van der Waals surface area contributed by atoms with Crippen LogP contribution in [0.4, 0.5) is 0 Å². The number of hydrazine groups is 1. The van der Waals surface area contributed by atoms with Gasteiger partial charge < -0.3 is 25.7 Å². The number of hydrogen-bond acceptors (Lipinski definition) is 7. The Hall–Kier alpha value is -2.67. The highest BCUT2D eigenvalue weighted by molar-refractivity contribution is 6.48. The molecule has 246 valence electrons. The van der Waals surface area contributed by atoms with Crippen LogP contribution in [0.1, 0.15) is 94.4 Å². The standard InChI is InChI=1S/C31H53BN6O6/c1-17(2)13-20-25(30(20,7)8)27(40)35-21(11-10-12-34-28(33)37-38(41)42)26(39)36-24(14-18(3)4)32-43-23-16-19-15-22(29(19,5)6)31(23,9)44-32/h13,18-25H,10-12,14-16H2,1-9H3,(H,35,40)(H,36,39)(H3,33,34,37)/t19-,20?,21-,22-,23+,24-,25?,31-/m0/s1. The molecule has 5 aliphatic rings. The van der Waals surface area contributed by atoms with Crippen LogP contribution < -0.4 is 21.8 Å². The molecule has 0 spiro atoms. The summed E-state index contributed by atoms with van der Waals surface area (Å²) in [6, 6.07) is -0.827. The van der Waals surface area contributed by atoms with E-state index in [1.165, 1.54) is 0 Å². The zero-order valence-electron chi connectivity index (χ0n) is 27.9. The number of rotatable bonds is 13. The minimum atomic E-state index is -0.827. The fraction of sp³-hybridized carbons (Fsp3) is 0.839. The highest BCUT2D eigenvalue weighted by atomic mass is 16.7. The molecular weight excluding hydrogens is 563 g/mol. The molecule has 13 heteroatoms. The second-order valence-electron chi connectivity index (χ2n) is 15.5. The molecule has 2 amide bonds. The molecule has 2 bridgehead atoms. The number of nitrogens with two attached hydrogens (primary N) is 1. The van der Waals surface area contributed by atoms with Crippen LogP contribution in [0.15, 0.2) is 16.6 Å². The highest BCUT2D eigenvalue weighted by Crippen LogP contribution is 2.66. The van der Waals surface area contributed by atoms with E-state index in [1.807, 2.05) is 19.3 Å². The molecule has 12 nitrogen and oxygen atoms in total. The summed E-state index contributed by atoms with van der Waals surface area (Å²) >= 11 is 0. The first-order valence-corrected chi connectivity index (χ1v) is 16.2. The summed E-state index contributed by atoms with van der Waals surface area (Å²) in [6.07, 6.45) is 5.53. The minimum absolute atomic E-state index is 0.00783. The maximum absolute atomic E-state index is 13.9. The van der Waals surface area contributed by atoms with Gasteiger partial charge in [0.25, 0.3) is 5.96 Å². The van der Waals surface area contributed by atoms with E-state index in [9.17, 15) is 19.7 Å². The molecule has 1 saturated heterocycles. The summed E-state index contributed by atoms with van der Waals surface area (Å²) < 4.78 is 13.3. The average Bonchev–Trinajstić information content (AvgIpc) is 3.23. The Labute approximate surface area is 262 Å². The summed E-state index contributed by atoms with van der Waals surface area (Å²) in [5.74, 6) is -0.0254. The third kappa shape index (κ3) is 6.93. The maximum Gasteiger partial charge on any atom is 0.481 e. The summed E-state index contributed by atoms with van der Waals surface area (Å²) in [6.45, 7) is 19.3. The topological polar surface area (TPSA) is 170 Å². The van der Waals surface area contributed by atoms with Gasteiger partial charge in [0.05, 0.1) is 23.6 Å². The number of nitrogens with one attached hydrogen (secondary N) is 3. The maximum atomic E-state index is 13.9. The van der Waals surface area contributed by atoms with Gasteiger partial charge in [0.15, 0.2) is 5.03 Å². The molecule has 4 saturated carbocycles. The van der Waals surface area contributed by atoms with E-state index in [1.54, 1.807) is 0 Å². The number of hydrogen-bond donors (Lipinski definition) is 4. The monoisotopic (exact) mass is 616 g/mol. The molecule has 4 aliphatic carbocycles. The highest BCUT2D eigenvalue weighted by Gasteiger charge is 2.68. The summed E-state index contributed by atoms with van der Waals surface area (Å²) in [7, 11) is -0.579. The van der Waals surface area contributed by atoms with Crippen molar-refractivity contribution in [3.8, 4) is 0 Å². The quantitative estimate of drug-likeness (QED) is 0.0464. The summed E-state index contributed by atoms with van der Waals surface area (Å²) in [5.41, 5.74) is 8.12. The Morgan fingerprint density at radius 3 is 2.41 bits per heavy atom. The van der Waals surface area contributed by atoms with Gasteiger partial charge in [-0.3, -0.25) is 9.59 Å². The molecule has 0 radical (unpaired) electrons. The van der Waals surface area contributed by atoms with Crippen molar-refractivity contribution < 1.29 is 23.9 Å². The van der Waals surface area contributed by atoms with E-state index in [0.29, 0.717) is 24.7 Å². The van der Waals surface area contributed by atoms with Crippen molar-refractivity contribution in [3.05, 3.63) is 21.8 Å². The second-order valence-corrected chi connectivity index (χ2v) is 15.5. The van der Waals surface area contributed by atoms with Crippen LogP contribution in [-0.4, -0.2) is 60.2 Å². The van der Waals surface area contributed by atoms with Crippen molar-refractivity contribution >= 4 is 24.9 Å². The van der Waals surface area contributed by atoms with Crippen LogP contribution >= 0.6 is 0 Å². The molecule has 1 heterocycles. The largest absolute Gasteiger partial charge is 0.481 e. The second kappa shape index (κ2) is 12.6. The van der Waals surface area contributed by atoms with E-state index < -0.39 is 29.7 Å². The third-order valence-electron chi connectivity index (χ3n) is 10.8. The number of nitro groups is 1. The normalized spacial score (nSPS) is 32.5. The van der Waals surface area contributed by atoms with Crippen molar-refractivity contribution in [1.29, 1.82) is 0 Å². The molecule has 5 fully saturated rings. The Balaban J connectivity index is 1.48. The SMILES string of the molecule is CC(C)=CC1C(C(=O)N[C@@H](CCCN=C(N)N[N+](=O)[O-])C(=O)N[C@@H](CC(C)C)B2O[C@@H]3C[C@@H]4C[C@@H](C4(C)C)[C@]3(C)O2)C1(C)C. The first-order chi connectivity index (χ1) is 20.4. The lowest BCUT2D eigenvalue weighted by Gasteiger charge is -2.64. The van der Waals surface area contributed by atoms with E-state index in [4.69, 9.17) is 15.0 Å². The van der Waals surface area contributed by atoms with Gasteiger partial charge >= 0.3 is 7.12 Å². The van der Waals surface area contributed by atoms with Crippen molar-refractivity contribution in [2.45, 2.75) is 118 Å². The Bertz CT molecular complexity index is 1190. The van der Waals surface area contributed by atoms with Crippen LogP contribution in [0, 0.1) is 50.5 Å². The minimum Gasteiger partial charge on any atom is -0.404 e. The van der Waals surface area contributed by atoms with Gasteiger partial charge in [0, 0.05) is 6.54 Å². The first kappa shape index (κ1) is 34.2. The van der Waals surface area contributed by atoms with Crippen molar-refractivity contribution in [2.75, 3.05) is 6.54 Å².